The number of esters is 1. The first-order valence-corrected chi connectivity index (χ1v) is 7.54. The lowest BCUT2D eigenvalue weighted by molar-refractivity contribution is 0.0726. The van der Waals surface area contributed by atoms with Crippen LogP contribution in [0.2, 0.25) is 5.02 Å². The summed E-state index contributed by atoms with van der Waals surface area (Å²) in [5, 5.41) is 0.396. The van der Waals surface area contributed by atoms with E-state index in [1.54, 1.807) is 36.4 Å². The number of ketones is 1. The highest BCUT2D eigenvalue weighted by atomic mass is 35.5. The number of rotatable bonds is 5. The van der Waals surface area contributed by atoms with Crippen molar-refractivity contribution < 1.29 is 19.1 Å². The smallest absolute Gasteiger partial charge is 0.347 e. The molecular weight excluding hydrogens is 316 g/mol. The van der Waals surface area contributed by atoms with Crippen molar-refractivity contribution in [3.05, 3.63) is 58.6 Å². The summed E-state index contributed by atoms with van der Waals surface area (Å²) in [6.07, 6.45) is -0.104. The van der Waals surface area contributed by atoms with Crippen LogP contribution in [0.25, 0.3) is 0 Å². The zero-order chi connectivity index (χ0) is 17.0. The molecule has 0 fully saturated rings. The van der Waals surface area contributed by atoms with Crippen LogP contribution >= 0.6 is 11.6 Å². The summed E-state index contributed by atoms with van der Waals surface area (Å²) in [5.41, 5.74) is 0.554. The molecule has 0 aliphatic carbocycles. The molecule has 0 N–H and O–H groups in total. The fourth-order valence-corrected chi connectivity index (χ4v) is 2.19. The number of para-hydroxylation sites is 1. The average Bonchev–Trinajstić information content (AvgIpc) is 2.49. The van der Waals surface area contributed by atoms with E-state index in [9.17, 15) is 9.59 Å². The Balaban J connectivity index is 2.35. The Labute approximate surface area is 140 Å². The molecule has 0 saturated heterocycles. The lowest BCUT2D eigenvalue weighted by Crippen LogP contribution is -2.15. The zero-order valence-corrected chi connectivity index (χ0v) is 13.9. The molecule has 0 spiro atoms. The largest absolute Gasteiger partial charge is 0.490 e. The van der Waals surface area contributed by atoms with Gasteiger partial charge in [-0.15, -0.1) is 0 Å². The van der Waals surface area contributed by atoms with Gasteiger partial charge in [-0.3, -0.25) is 4.79 Å². The van der Waals surface area contributed by atoms with Crippen molar-refractivity contribution in [1.29, 1.82) is 0 Å². The molecule has 2 rings (SSSR count). The van der Waals surface area contributed by atoms with Gasteiger partial charge < -0.3 is 9.47 Å². The lowest BCUT2D eigenvalue weighted by Gasteiger charge is -2.14. The zero-order valence-electron chi connectivity index (χ0n) is 13.1. The third-order valence-corrected chi connectivity index (χ3v) is 3.23. The highest BCUT2D eigenvalue weighted by molar-refractivity contribution is 6.31. The summed E-state index contributed by atoms with van der Waals surface area (Å²) in [7, 11) is 0. The van der Waals surface area contributed by atoms with Crippen molar-refractivity contribution in [3.63, 3.8) is 0 Å². The van der Waals surface area contributed by atoms with E-state index in [4.69, 9.17) is 21.1 Å². The molecule has 0 aliphatic rings. The summed E-state index contributed by atoms with van der Waals surface area (Å²) in [5.74, 6) is -0.217. The minimum atomic E-state index is -0.628. The fourth-order valence-electron chi connectivity index (χ4n) is 2.02. The molecule has 0 unspecified atom stereocenters. The van der Waals surface area contributed by atoms with E-state index >= 15 is 0 Å². The molecule has 0 saturated carbocycles. The average molecular weight is 333 g/mol. The number of ether oxygens (including phenoxy) is 2. The number of benzene rings is 2. The number of carbonyl (C=O) groups excluding carboxylic acids is 2. The Morgan fingerprint density at radius 3 is 2.35 bits per heavy atom. The van der Waals surface area contributed by atoms with Crippen molar-refractivity contribution in [2.75, 3.05) is 0 Å². The predicted octanol–water partition coefficient (Wildman–Crippen LogP) is 4.55. The van der Waals surface area contributed by atoms with Crippen LogP contribution in [0.5, 0.6) is 11.5 Å². The van der Waals surface area contributed by atoms with Gasteiger partial charge in [0.2, 0.25) is 0 Å². The van der Waals surface area contributed by atoms with Crippen molar-refractivity contribution in [3.8, 4) is 11.5 Å². The van der Waals surface area contributed by atoms with Gasteiger partial charge in [0.15, 0.2) is 5.78 Å². The standard InChI is InChI=1S/C18H17ClO4/c1-11(2)22-17-9-8-13(19)10-15(17)18(21)23-16-7-5-4-6-14(16)12(3)20/h4-11H,1-3H3. The van der Waals surface area contributed by atoms with Gasteiger partial charge in [-0.25, -0.2) is 4.79 Å². The van der Waals surface area contributed by atoms with Crippen molar-refractivity contribution in [2.45, 2.75) is 26.9 Å². The van der Waals surface area contributed by atoms with E-state index in [-0.39, 0.29) is 23.2 Å². The number of carbonyl (C=O) groups is 2. The van der Waals surface area contributed by atoms with Crippen LogP contribution in [0.3, 0.4) is 0 Å². The highest BCUT2D eigenvalue weighted by Gasteiger charge is 2.19. The van der Waals surface area contributed by atoms with Gasteiger partial charge in [0.25, 0.3) is 0 Å². The van der Waals surface area contributed by atoms with Crippen LogP contribution in [0.1, 0.15) is 41.5 Å². The molecule has 0 aliphatic heterocycles. The first-order chi connectivity index (χ1) is 10.9. The highest BCUT2D eigenvalue weighted by Crippen LogP contribution is 2.27. The summed E-state index contributed by atoms with van der Waals surface area (Å²) >= 11 is 5.96. The third kappa shape index (κ3) is 4.33. The number of hydrogen-bond acceptors (Lipinski definition) is 4. The van der Waals surface area contributed by atoms with Gasteiger partial charge in [0.05, 0.1) is 11.7 Å². The van der Waals surface area contributed by atoms with E-state index in [0.29, 0.717) is 16.3 Å². The Hall–Kier alpha value is -2.33. The molecule has 0 bridgehead atoms. The van der Waals surface area contributed by atoms with Crippen LogP contribution in [0.4, 0.5) is 0 Å². The number of halogens is 1. The Kier molecular flexibility index (Phi) is 5.40. The first kappa shape index (κ1) is 17.0. The molecule has 2 aromatic rings. The summed E-state index contributed by atoms with van der Waals surface area (Å²) in [4.78, 5) is 24.1. The first-order valence-electron chi connectivity index (χ1n) is 7.17. The van der Waals surface area contributed by atoms with Crippen LogP contribution in [-0.4, -0.2) is 17.9 Å². The maximum Gasteiger partial charge on any atom is 0.347 e. The fraction of sp³-hybridized carbons (Fsp3) is 0.222. The molecule has 0 heterocycles. The van der Waals surface area contributed by atoms with Crippen molar-refractivity contribution in [1.82, 2.24) is 0 Å². The normalized spacial score (nSPS) is 10.5. The summed E-state index contributed by atoms with van der Waals surface area (Å²) < 4.78 is 11.0. The van der Waals surface area contributed by atoms with E-state index in [1.807, 2.05) is 13.8 Å². The molecule has 120 valence electrons. The Morgan fingerprint density at radius 1 is 1.00 bits per heavy atom. The molecular formula is C18H17ClO4. The van der Waals surface area contributed by atoms with Crippen molar-refractivity contribution in [2.24, 2.45) is 0 Å². The van der Waals surface area contributed by atoms with Crippen LogP contribution in [-0.2, 0) is 0 Å². The SMILES string of the molecule is CC(=O)c1ccccc1OC(=O)c1cc(Cl)ccc1OC(C)C. The maximum atomic E-state index is 12.5. The monoisotopic (exact) mass is 332 g/mol. The van der Waals surface area contributed by atoms with Gasteiger partial charge in [-0.2, -0.15) is 0 Å². The number of Topliss-reactive ketones (excluding diaryl/α,β-unsaturated/α-hetero) is 1. The Morgan fingerprint density at radius 2 is 1.70 bits per heavy atom. The lowest BCUT2D eigenvalue weighted by atomic mass is 10.1. The minimum absolute atomic E-state index is 0.104. The molecule has 0 aromatic heterocycles. The van der Waals surface area contributed by atoms with Gasteiger partial charge in [-0.1, -0.05) is 23.7 Å². The van der Waals surface area contributed by atoms with Crippen molar-refractivity contribution >= 4 is 23.4 Å². The Bertz CT molecular complexity index is 738. The number of hydrogen-bond donors (Lipinski definition) is 0. The van der Waals surface area contributed by atoms with Gasteiger partial charge >= 0.3 is 5.97 Å². The van der Waals surface area contributed by atoms with Crippen LogP contribution in [0.15, 0.2) is 42.5 Å². The van der Waals surface area contributed by atoms with Crippen LogP contribution in [0, 0.1) is 0 Å². The van der Waals surface area contributed by atoms with E-state index in [0.717, 1.165) is 0 Å². The quantitative estimate of drug-likeness (QED) is 0.458. The van der Waals surface area contributed by atoms with E-state index < -0.39 is 5.97 Å². The minimum Gasteiger partial charge on any atom is -0.490 e. The summed E-state index contributed by atoms with van der Waals surface area (Å²) in [6, 6.07) is 11.3. The molecule has 0 amide bonds. The topological polar surface area (TPSA) is 52.6 Å². The van der Waals surface area contributed by atoms with Gasteiger partial charge in [0, 0.05) is 5.02 Å². The second-order valence-electron chi connectivity index (χ2n) is 5.25. The summed E-state index contributed by atoms with van der Waals surface area (Å²) in [6.45, 7) is 5.13. The molecule has 2 aromatic carbocycles. The predicted molar refractivity (Wildman–Crippen MR) is 88.6 cm³/mol. The second-order valence-corrected chi connectivity index (χ2v) is 5.69. The van der Waals surface area contributed by atoms with E-state index in [1.165, 1.54) is 13.0 Å². The second kappa shape index (κ2) is 7.29. The third-order valence-electron chi connectivity index (χ3n) is 2.99. The molecule has 0 radical (unpaired) electrons. The van der Waals surface area contributed by atoms with Gasteiger partial charge in [-0.05, 0) is 51.1 Å². The van der Waals surface area contributed by atoms with Gasteiger partial charge in [0.1, 0.15) is 17.1 Å². The van der Waals surface area contributed by atoms with E-state index in [2.05, 4.69) is 0 Å². The molecule has 4 nitrogen and oxygen atoms in total. The molecule has 0 atom stereocenters. The molecule has 5 heteroatoms. The maximum absolute atomic E-state index is 12.5. The van der Waals surface area contributed by atoms with Crippen LogP contribution < -0.4 is 9.47 Å². The molecule has 23 heavy (non-hydrogen) atoms.